The molecule has 0 fully saturated rings. The van der Waals surface area contributed by atoms with E-state index in [-0.39, 0.29) is 0 Å². The van der Waals surface area contributed by atoms with Crippen molar-refractivity contribution in [1.82, 2.24) is 4.90 Å². The molecule has 0 radical (unpaired) electrons. The average Bonchev–Trinajstić information content (AvgIpc) is 2.29. The molecule has 14 heavy (non-hydrogen) atoms. The highest BCUT2D eigenvalue weighted by molar-refractivity contribution is 5.48. The average molecular weight is 192 g/mol. The zero-order chi connectivity index (χ0) is 10.1. The molecule has 3 nitrogen and oxygen atoms in total. The smallest absolute Gasteiger partial charge is 0.125 e. The first-order valence-electron chi connectivity index (χ1n) is 4.88. The van der Waals surface area contributed by atoms with Gasteiger partial charge in [0.25, 0.3) is 0 Å². The topological polar surface area (TPSA) is 38.5 Å². The number of likely N-dealkylation sites (N-methyl/N-ethyl adjacent to an activating group) is 1. The van der Waals surface area contributed by atoms with Crippen LogP contribution in [0.4, 0.5) is 5.69 Å². The number of hydrogen-bond donors (Lipinski definition) is 1. The van der Waals surface area contributed by atoms with Gasteiger partial charge < -0.3 is 10.5 Å². The summed E-state index contributed by atoms with van der Waals surface area (Å²) in [6, 6.07) is 6.32. The van der Waals surface area contributed by atoms with Crippen molar-refractivity contribution in [3.8, 4) is 5.75 Å². The summed E-state index contributed by atoms with van der Waals surface area (Å²) in [5.74, 6) is 0.932. The molecule has 1 aromatic rings. The van der Waals surface area contributed by atoms with Crippen LogP contribution in [-0.4, -0.2) is 24.6 Å². The van der Waals surface area contributed by atoms with Crippen molar-refractivity contribution in [2.75, 3.05) is 19.4 Å². The summed E-state index contributed by atoms with van der Waals surface area (Å²) in [6.45, 7) is 3.82. The number of nitrogen functional groups attached to an aromatic ring is 1. The van der Waals surface area contributed by atoms with Gasteiger partial charge in [-0.15, -0.1) is 0 Å². The number of fused-ring (bicyclic) bond motifs is 1. The van der Waals surface area contributed by atoms with Gasteiger partial charge in [0, 0.05) is 29.9 Å². The molecule has 2 rings (SSSR count). The quantitative estimate of drug-likeness (QED) is 0.633. The van der Waals surface area contributed by atoms with E-state index in [2.05, 4.69) is 18.9 Å². The molecular formula is C11H16N2O. The van der Waals surface area contributed by atoms with E-state index >= 15 is 0 Å². The second kappa shape index (κ2) is 3.50. The van der Waals surface area contributed by atoms with Gasteiger partial charge in [-0.1, -0.05) is 6.07 Å². The minimum absolute atomic E-state index is 0.448. The Balaban J connectivity index is 2.33. The predicted molar refractivity (Wildman–Crippen MR) is 57.3 cm³/mol. The molecule has 0 aliphatic carbocycles. The number of nitrogens with zero attached hydrogens (tertiary/aromatic N) is 1. The summed E-state index contributed by atoms with van der Waals surface area (Å²) in [4.78, 5) is 2.28. The first-order valence-corrected chi connectivity index (χ1v) is 4.88. The molecule has 3 heteroatoms. The Kier molecular flexibility index (Phi) is 2.33. The van der Waals surface area contributed by atoms with Crippen molar-refractivity contribution in [1.29, 1.82) is 0 Å². The normalized spacial score (nSPS) is 22.3. The molecule has 0 aromatic heterocycles. The van der Waals surface area contributed by atoms with Crippen molar-refractivity contribution < 1.29 is 4.74 Å². The summed E-state index contributed by atoms with van der Waals surface area (Å²) in [5.41, 5.74) is 7.69. The zero-order valence-electron chi connectivity index (χ0n) is 8.66. The number of hydrogen-bond acceptors (Lipinski definition) is 3. The van der Waals surface area contributed by atoms with Crippen LogP contribution in [0.5, 0.6) is 5.75 Å². The van der Waals surface area contributed by atoms with Gasteiger partial charge in [0.05, 0.1) is 0 Å². The molecule has 1 aromatic carbocycles. The minimum Gasteiger partial charge on any atom is -0.492 e. The highest BCUT2D eigenvalue weighted by Gasteiger charge is 2.17. The van der Waals surface area contributed by atoms with E-state index in [0.717, 1.165) is 24.6 Å². The number of benzene rings is 1. The third kappa shape index (κ3) is 1.68. The summed E-state index contributed by atoms with van der Waals surface area (Å²) >= 11 is 0. The van der Waals surface area contributed by atoms with Crippen LogP contribution in [-0.2, 0) is 6.54 Å². The first kappa shape index (κ1) is 9.34. The molecule has 0 saturated carbocycles. The predicted octanol–water partition coefficient (Wildman–Crippen LogP) is 1.48. The van der Waals surface area contributed by atoms with Crippen molar-refractivity contribution in [2.45, 2.75) is 19.5 Å². The van der Waals surface area contributed by atoms with Gasteiger partial charge in [0.1, 0.15) is 12.4 Å². The third-order valence-corrected chi connectivity index (χ3v) is 2.74. The molecule has 1 aliphatic heterocycles. The number of anilines is 1. The van der Waals surface area contributed by atoms with Gasteiger partial charge in [-0.3, -0.25) is 4.90 Å². The van der Waals surface area contributed by atoms with E-state index in [1.807, 2.05) is 18.2 Å². The van der Waals surface area contributed by atoms with Crippen LogP contribution in [0.3, 0.4) is 0 Å². The Labute approximate surface area is 84.5 Å². The van der Waals surface area contributed by atoms with Gasteiger partial charge >= 0.3 is 0 Å². The lowest BCUT2D eigenvalue weighted by Gasteiger charge is -2.19. The van der Waals surface area contributed by atoms with E-state index in [1.54, 1.807) is 0 Å². The van der Waals surface area contributed by atoms with E-state index in [0.29, 0.717) is 6.04 Å². The Morgan fingerprint density at radius 2 is 2.29 bits per heavy atom. The van der Waals surface area contributed by atoms with Crippen LogP contribution in [0, 0.1) is 0 Å². The van der Waals surface area contributed by atoms with Gasteiger partial charge in [-0.05, 0) is 20.0 Å². The van der Waals surface area contributed by atoms with Crippen LogP contribution < -0.4 is 10.5 Å². The highest BCUT2D eigenvalue weighted by Crippen LogP contribution is 2.26. The lowest BCUT2D eigenvalue weighted by molar-refractivity contribution is 0.189. The van der Waals surface area contributed by atoms with E-state index in [4.69, 9.17) is 10.5 Å². The second-order valence-electron chi connectivity index (χ2n) is 3.94. The zero-order valence-corrected chi connectivity index (χ0v) is 8.66. The van der Waals surface area contributed by atoms with Crippen molar-refractivity contribution in [3.05, 3.63) is 23.8 Å². The van der Waals surface area contributed by atoms with Crippen LogP contribution in [0.2, 0.25) is 0 Å². The maximum atomic E-state index is 5.71. The molecule has 0 saturated heterocycles. The lowest BCUT2D eigenvalue weighted by atomic mass is 10.1. The molecule has 1 atom stereocenters. The van der Waals surface area contributed by atoms with Gasteiger partial charge in [0.2, 0.25) is 0 Å². The first-order chi connectivity index (χ1) is 6.66. The summed E-state index contributed by atoms with van der Waals surface area (Å²) in [7, 11) is 2.11. The largest absolute Gasteiger partial charge is 0.492 e. The number of rotatable bonds is 0. The maximum absolute atomic E-state index is 5.71. The highest BCUT2D eigenvalue weighted by atomic mass is 16.5. The van der Waals surface area contributed by atoms with Crippen LogP contribution in [0.25, 0.3) is 0 Å². The molecule has 0 bridgehead atoms. The van der Waals surface area contributed by atoms with Gasteiger partial charge in [-0.25, -0.2) is 0 Å². The summed E-state index contributed by atoms with van der Waals surface area (Å²) < 4.78 is 5.69. The van der Waals surface area contributed by atoms with Gasteiger partial charge in [0.15, 0.2) is 0 Å². The van der Waals surface area contributed by atoms with Crippen molar-refractivity contribution >= 4 is 5.69 Å². The molecule has 0 amide bonds. The molecule has 2 N–H and O–H groups in total. The van der Waals surface area contributed by atoms with Crippen LogP contribution in [0.15, 0.2) is 18.2 Å². The molecule has 76 valence electrons. The van der Waals surface area contributed by atoms with Crippen LogP contribution in [0.1, 0.15) is 12.5 Å². The fraction of sp³-hybridized carbons (Fsp3) is 0.455. The monoisotopic (exact) mass is 192 g/mol. The second-order valence-corrected chi connectivity index (χ2v) is 3.94. The Hall–Kier alpha value is -1.22. The SMILES string of the molecule is CC1COc2cc(N)ccc2CN1C. The Morgan fingerprint density at radius 3 is 3.07 bits per heavy atom. The third-order valence-electron chi connectivity index (χ3n) is 2.74. The Bertz CT molecular complexity index is 338. The fourth-order valence-corrected chi connectivity index (χ4v) is 1.60. The molecule has 0 spiro atoms. The number of nitrogens with two attached hydrogens (primary N) is 1. The standard InChI is InChI=1S/C11H16N2O/c1-8-7-14-11-5-10(12)4-3-9(11)6-13(8)2/h3-5,8H,6-7,12H2,1-2H3. The lowest BCUT2D eigenvalue weighted by Crippen LogP contribution is -2.31. The van der Waals surface area contributed by atoms with E-state index in [9.17, 15) is 0 Å². The van der Waals surface area contributed by atoms with Crippen LogP contribution >= 0.6 is 0 Å². The summed E-state index contributed by atoms with van der Waals surface area (Å²) in [6.07, 6.45) is 0. The molecule has 1 heterocycles. The van der Waals surface area contributed by atoms with Gasteiger partial charge in [-0.2, -0.15) is 0 Å². The van der Waals surface area contributed by atoms with Crippen molar-refractivity contribution in [3.63, 3.8) is 0 Å². The Morgan fingerprint density at radius 1 is 1.50 bits per heavy atom. The number of ether oxygens (including phenoxy) is 1. The molecular weight excluding hydrogens is 176 g/mol. The fourth-order valence-electron chi connectivity index (χ4n) is 1.60. The minimum atomic E-state index is 0.448. The molecule has 1 aliphatic rings. The van der Waals surface area contributed by atoms with E-state index in [1.165, 1.54) is 5.56 Å². The molecule has 1 unspecified atom stereocenters. The summed E-state index contributed by atoms with van der Waals surface area (Å²) in [5, 5.41) is 0. The maximum Gasteiger partial charge on any atom is 0.125 e. The van der Waals surface area contributed by atoms with E-state index < -0.39 is 0 Å². The van der Waals surface area contributed by atoms with Crippen molar-refractivity contribution in [2.24, 2.45) is 0 Å².